The van der Waals surface area contributed by atoms with Crippen molar-refractivity contribution < 1.29 is 14.4 Å². The Morgan fingerprint density at radius 3 is 2.30 bits per heavy atom. The first-order valence-electron chi connectivity index (χ1n) is 10.1. The molecule has 1 aromatic heterocycles. The van der Waals surface area contributed by atoms with E-state index in [1.807, 2.05) is 13.0 Å². The largest absolute Gasteiger partial charge is 0.326 e. The van der Waals surface area contributed by atoms with Crippen LogP contribution < -0.4 is 16.2 Å². The molecule has 0 saturated heterocycles. The van der Waals surface area contributed by atoms with Crippen LogP contribution in [0.15, 0.2) is 52.4 Å². The van der Waals surface area contributed by atoms with Crippen LogP contribution in [-0.4, -0.2) is 38.0 Å². The number of amides is 2. The number of Topliss-reactive ketones (excluding diaryl/α,β-unsaturated/α-hetero) is 1. The molecule has 0 radical (unpaired) electrons. The van der Waals surface area contributed by atoms with E-state index in [9.17, 15) is 19.2 Å². The van der Waals surface area contributed by atoms with Gasteiger partial charge in [0.2, 0.25) is 11.8 Å². The van der Waals surface area contributed by atoms with E-state index in [-0.39, 0.29) is 28.4 Å². The number of carbonyl (C=O) groups is 3. The second-order valence-electron chi connectivity index (χ2n) is 7.42. The molecule has 0 aliphatic rings. The second kappa shape index (κ2) is 10.2. The maximum Gasteiger partial charge on any atom is 0.278 e. The summed E-state index contributed by atoms with van der Waals surface area (Å²) in [7, 11) is 0. The number of hydrogen-bond donors (Lipinski definition) is 3. The molecule has 3 aromatic rings. The van der Waals surface area contributed by atoms with Gasteiger partial charge in [-0.3, -0.25) is 24.2 Å². The number of carbonyl (C=O) groups excluding carboxylic acids is 3. The average molecular weight is 466 g/mol. The van der Waals surface area contributed by atoms with E-state index in [0.29, 0.717) is 22.5 Å². The van der Waals surface area contributed by atoms with Gasteiger partial charge in [-0.1, -0.05) is 23.4 Å². The normalized spacial score (nSPS) is 11.5. The number of H-pyrrole nitrogens is 1. The number of ketones is 1. The molecule has 0 spiro atoms. The summed E-state index contributed by atoms with van der Waals surface area (Å²) < 4.78 is 0. The molecule has 33 heavy (non-hydrogen) atoms. The summed E-state index contributed by atoms with van der Waals surface area (Å²) in [6.45, 7) is 6.39. The van der Waals surface area contributed by atoms with Crippen molar-refractivity contribution in [3.63, 3.8) is 0 Å². The third-order valence-electron chi connectivity index (χ3n) is 4.63. The number of benzene rings is 2. The van der Waals surface area contributed by atoms with E-state index in [1.165, 1.54) is 13.8 Å². The Bertz CT molecular complexity index is 1270. The Morgan fingerprint density at radius 1 is 1.00 bits per heavy atom. The minimum atomic E-state index is -0.581. The van der Waals surface area contributed by atoms with Crippen molar-refractivity contribution in [1.29, 1.82) is 0 Å². The fourth-order valence-electron chi connectivity index (χ4n) is 2.96. The Kier molecular flexibility index (Phi) is 7.39. The fourth-order valence-corrected chi connectivity index (χ4v) is 3.70. The molecule has 2 aromatic carbocycles. The van der Waals surface area contributed by atoms with Crippen LogP contribution in [0.2, 0.25) is 0 Å². The van der Waals surface area contributed by atoms with Crippen molar-refractivity contribution >= 4 is 40.7 Å². The SMILES string of the molecule is CC(=O)Nc1ccc(C)cc1-c1nnc(SC(C)C(=O)Nc2ccc(C(C)=O)cc2)[nH]c1=O. The van der Waals surface area contributed by atoms with Crippen molar-refractivity contribution in [1.82, 2.24) is 15.2 Å². The molecule has 0 bridgehead atoms. The molecule has 10 heteroatoms. The van der Waals surface area contributed by atoms with Gasteiger partial charge in [0, 0.05) is 23.7 Å². The molecule has 9 nitrogen and oxygen atoms in total. The molecule has 0 aliphatic carbocycles. The lowest BCUT2D eigenvalue weighted by Crippen LogP contribution is -2.23. The summed E-state index contributed by atoms with van der Waals surface area (Å²) in [5.41, 5.74) is 2.48. The number of rotatable bonds is 7. The molecule has 3 N–H and O–H groups in total. The van der Waals surface area contributed by atoms with Crippen molar-refractivity contribution in [2.75, 3.05) is 10.6 Å². The summed E-state index contributed by atoms with van der Waals surface area (Å²) in [5.74, 6) is -0.626. The lowest BCUT2D eigenvalue weighted by Gasteiger charge is -2.12. The van der Waals surface area contributed by atoms with Gasteiger partial charge in [-0.2, -0.15) is 0 Å². The minimum Gasteiger partial charge on any atom is -0.326 e. The maximum absolute atomic E-state index is 12.7. The molecule has 1 atom stereocenters. The molecule has 1 unspecified atom stereocenters. The molecule has 3 rings (SSSR count). The van der Waals surface area contributed by atoms with Crippen LogP contribution in [0, 0.1) is 6.92 Å². The summed E-state index contributed by atoms with van der Waals surface area (Å²) in [6, 6.07) is 11.8. The van der Waals surface area contributed by atoms with Gasteiger partial charge in [0.25, 0.3) is 5.56 Å². The topological polar surface area (TPSA) is 134 Å². The first-order valence-corrected chi connectivity index (χ1v) is 11.0. The van der Waals surface area contributed by atoms with Crippen LogP contribution in [0.25, 0.3) is 11.3 Å². The van der Waals surface area contributed by atoms with Crippen molar-refractivity contribution in [2.45, 2.75) is 38.1 Å². The lowest BCUT2D eigenvalue weighted by atomic mass is 10.1. The van der Waals surface area contributed by atoms with Gasteiger partial charge in [-0.25, -0.2) is 0 Å². The number of hydrogen-bond acceptors (Lipinski definition) is 7. The van der Waals surface area contributed by atoms with Crippen LogP contribution >= 0.6 is 11.8 Å². The predicted molar refractivity (Wildman–Crippen MR) is 128 cm³/mol. The number of aromatic amines is 1. The molecule has 170 valence electrons. The zero-order chi connectivity index (χ0) is 24.1. The van der Waals surface area contributed by atoms with E-state index in [1.54, 1.807) is 43.3 Å². The van der Waals surface area contributed by atoms with Crippen LogP contribution in [0.1, 0.15) is 36.7 Å². The Hall–Kier alpha value is -3.79. The zero-order valence-corrected chi connectivity index (χ0v) is 19.4. The van der Waals surface area contributed by atoms with Gasteiger partial charge in [0.05, 0.1) is 10.9 Å². The number of aromatic nitrogens is 3. The van der Waals surface area contributed by atoms with E-state index in [4.69, 9.17) is 0 Å². The highest BCUT2D eigenvalue weighted by Crippen LogP contribution is 2.26. The number of aryl methyl sites for hydroxylation is 1. The summed E-state index contributed by atoms with van der Waals surface area (Å²) in [6.07, 6.45) is 0. The van der Waals surface area contributed by atoms with E-state index >= 15 is 0 Å². The highest BCUT2D eigenvalue weighted by molar-refractivity contribution is 8.00. The molecule has 0 aliphatic heterocycles. The number of thioether (sulfide) groups is 1. The van der Waals surface area contributed by atoms with Gasteiger partial charge in [-0.05, 0) is 57.2 Å². The van der Waals surface area contributed by atoms with E-state index < -0.39 is 10.8 Å². The lowest BCUT2D eigenvalue weighted by molar-refractivity contribution is -0.115. The van der Waals surface area contributed by atoms with Gasteiger partial charge < -0.3 is 10.6 Å². The third kappa shape index (κ3) is 6.13. The average Bonchev–Trinajstić information content (AvgIpc) is 2.75. The monoisotopic (exact) mass is 465 g/mol. The molecule has 1 heterocycles. The van der Waals surface area contributed by atoms with Crippen molar-refractivity contribution in [3.05, 3.63) is 63.9 Å². The standard InChI is InChI=1S/C23H23N5O4S/c1-12-5-10-19(24-15(4)30)18(11-12)20-22(32)26-23(28-27-20)33-14(3)21(31)25-17-8-6-16(7-9-17)13(2)29/h5-11,14H,1-4H3,(H,24,30)(H,25,31)(H,26,28,32). The predicted octanol–water partition coefficient (Wildman–Crippen LogP) is 3.42. The van der Waals surface area contributed by atoms with Crippen LogP contribution in [0.3, 0.4) is 0 Å². The number of nitrogens with one attached hydrogen (secondary N) is 3. The summed E-state index contributed by atoms with van der Waals surface area (Å²) >= 11 is 1.05. The Labute approximate surface area is 194 Å². The van der Waals surface area contributed by atoms with Crippen LogP contribution in [0.5, 0.6) is 0 Å². The smallest absolute Gasteiger partial charge is 0.278 e. The Morgan fingerprint density at radius 2 is 1.70 bits per heavy atom. The fraction of sp³-hybridized carbons (Fsp3) is 0.217. The van der Waals surface area contributed by atoms with Gasteiger partial charge >= 0.3 is 0 Å². The first-order chi connectivity index (χ1) is 15.6. The highest BCUT2D eigenvalue weighted by atomic mass is 32.2. The van der Waals surface area contributed by atoms with Crippen LogP contribution in [0.4, 0.5) is 11.4 Å². The molecule has 0 saturated carbocycles. The van der Waals surface area contributed by atoms with Gasteiger partial charge in [0.1, 0.15) is 0 Å². The van der Waals surface area contributed by atoms with E-state index in [2.05, 4.69) is 25.8 Å². The summed E-state index contributed by atoms with van der Waals surface area (Å²) in [5, 5.41) is 13.2. The van der Waals surface area contributed by atoms with Crippen molar-refractivity contribution in [3.8, 4) is 11.3 Å². The third-order valence-corrected chi connectivity index (χ3v) is 5.61. The van der Waals surface area contributed by atoms with E-state index in [0.717, 1.165) is 17.3 Å². The van der Waals surface area contributed by atoms with Gasteiger partial charge in [-0.15, -0.1) is 10.2 Å². The molecule has 2 amide bonds. The van der Waals surface area contributed by atoms with Crippen molar-refractivity contribution in [2.24, 2.45) is 0 Å². The molecular weight excluding hydrogens is 442 g/mol. The molecule has 0 fully saturated rings. The first kappa shape index (κ1) is 23.9. The van der Waals surface area contributed by atoms with Gasteiger partial charge in [0.15, 0.2) is 16.6 Å². The number of anilines is 2. The number of nitrogens with zero attached hydrogens (tertiary/aromatic N) is 2. The zero-order valence-electron chi connectivity index (χ0n) is 18.6. The highest BCUT2D eigenvalue weighted by Gasteiger charge is 2.19. The second-order valence-corrected chi connectivity index (χ2v) is 8.75. The summed E-state index contributed by atoms with van der Waals surface area (Å²) in [4.78, 5) is 50.7. The Balaban J connectivity index is 1.74. The minimum absolute atomic E-state index is 0.0577. The maximum atomic E-state index is 12.7. The quantitative estimate of drug-likeness (QED) is 0.359. The van der Waals surface area contributed by atoms with Crippen LogP contribution in [-0.2, 0) is 9.59 Å². The molecular formula is C23H23N5O4S.